The molecule has 0 N–H and O–H groups in total. The van der Waals surface area contributed by atoms with E-state index in [1.165, 1.54) is 25.7 Å². The van der Waals surface area contributed by atoms with Crippen LogP contribution in [0.2, 0.25) is 0 Å². The average Bonchev–Trinajstić information content (AvgIpc) is 2.32. The third-order valence-electron chi connectivity index (χ3n) is 3.64. The molecule has 1 aromatic rings. The van der Waals surface area contributed by atoms with E-state index in [0.717, 1.165) is 12.5 Å². The van der Waals surface area contributed by atoms with Crippen LogP contribution in [0.5, 0.6) is 0 Å². The highest BCUT2D eigenvalue weighted by Crippen LogP contribution is 2.29. The lowest BCUT2D eigenvalue weighted by Gasteiger charge is -2.27. The minimum atomic E-state index is -0.145. The molecular formula is C14H18N2O. The number of rotatable bonds is 2. The Labute approximate surface area is 102 Å². The van der Waals surface area contributed by atoms with Crippen molar-refractivity contribution < 1.29 is 0 Å². The van der Waals surface area contributed by atoms with Crippen LogP contribution in [0.25, 0.3) is 0 Å². The Balaban J connectivity index is 2.14. The first-order valence-electron chi connectivity index (χ1n) is 6.30. The Bertz CT molecular complexity index is 484. The SMILES string of the molecule is CC1CCCC(Cn2cccc(C#N)c2=O)C1. The van der Waals surface area contributed by atoms with E-state index in [0.29, 0.717) is 5.92 Å². The van der Waals surface area contributed by atoms with Crippen molar-refractivity contribution in [2.75, 3.05) is 0 Å². The number of aromatic nitrogens is 1. The van der Waals surface area contributed by atoms with Crippen LogP contribution in [0, 0.1) is 23.2 Å². The first-order valence-corrected chi connectivity index (χ1v) is 6.30. The molecule has 0 bridgehead atoms. The van der Waals surface area contributed by atoms with E-state index >= 15 is 0 Å². The third kappa shape index (κ3) is 2.76. The van der Waals surface area contributed by atoms with Gasteiger partial charge < -0.3 is 4.57 Å². The lowest BCUT2D eigenvalue weighted by molar-refractivity contribution is 0.255. The Kier molecular flexibility index (Phi) is 3.63. The Hall–Kier alpha value is -1.56. The maximum absolute atomic E-state index is 11.9. The van der Waals surface area contributed by atoms with Crippen LogP contribution < -0.4 is 5.56 Å². The van der Waals surface area contributed by atoms with Crippen molar-refractivity contribution in [3.63, 3.8) is 0 Å². The van der Waals surface area contributed by atoms with E-state index in [1.54, 1.807) is 22.9 Å². The molecule has 2 rings (SSSR count). The molecule has 0 aromatic carbocycles. The summed E-state index contributed by atoms with van der Waals surface area (Å²) in [5, 5.41) is 8.83. The quantitative estimate of drug-likeness (QED) is 0.783. The van der Waals surface area contributed by atoms with Gasteiger partial charge in [0.2, 0.25) is 0 Å². The minimum absolute atomic E-state index is 0.145. The second-order valence-electron chi connectivity index (χ2n) is 5.13. The van der Waals surface area contributed by atoms with Gasteiger partial charge in [0.05, 0.1) is 0 Å². The number of hydrogen-bond acceptors (Lipinski definition) is 2. The summed E-state index contributed by atoms with van der Waals surface area (Å²) in [5.41, 5.74) is 0.101. The highest BCUT2D eigenvalue weighted by atomic mass is 16.1. The first-order chi connectivity index (χ1) is 8.20. The topological polar surface area (TPSA) is 45.8 Å². The zero-order valence-electron chi connectivity index (χ0n) is 10.2. The molecule has 0 amide bonds. The molecule has 1 fully saturated rings. The molecule has 0 spiro atoms. The summed E-state index contributed by atoms with van der Waals surface area (Å²) in [6.07, 6.45) is 6.77. The molecule has 3 nitrogen and oxygen atoms in total. The van der Waals surface area contributed by atoms with Crippen LogP contribution >= 0.6 is 0 Å². The van der Waals surface area contributed by atoms with Crippen molar-refractivity contribution in [3.8, 4) is 6.07 Å². The van der Waals surface area contributed by atoms with Crippen LogP contribution in [0.1, 0.15) is 38.2 Å². The lowest BCUT2D eigenvalue weighted by atomic mass is 9.82. The zero-order valence-corrected chi connectivity index (χ0v) is 10.2. The van der Waals surface area contributed by atoms with Gasteiger partial charge in [-0.2, -0.15) is 5.26 Å². The molecule has 1 aliphatic carbocycles. The van der Waals surface area contributed by atoms with Gasteiger partial charge in [-0.05, 0) is 36.8 Å². The van der Waals surface area contributed by atoms with Gasteiger partial charge in [-0.3, -0.25) is 4.79 Å². The van der Waals surface area contributed by atoms with E-state index in [1.807, 2.05) is 6.07 Å². The fraction of sp³-hybridized carbons (Fsp3) is 0.571. The molecule has 1 heterocycles. The van der Waals surface area contributed by atoms with Gasteiger partial charge >= 0.3 is 0 Å². The number of pyridine rings is 1. The molecule has 3 heteroatoms. The smallest absolute Gasteiger partial charge is 0.268 e. The van der Waals surface area contributed by atoms with Crippen molar-refractivity contribution in [2.24, 2.45) is 11.8 Å². The minimum Gasteiger partial charge on any atom is -0.314 e. The van der Waals surface area contributed by atoms with Gasteiger partial charge in [0.25, 0.3) is 5.56 Å². The molecule has 0 radical (unpaired) electrons. The second-order valence-corrected chi connectivity index (χ2v) is 5.13. The molecular weight excluding hydrogens is 212 g/mol. The maximum Gasteiger partial charge on any atom is 0.268 e. The Morgan fingerprint density at radius 2 is 2.35 bits per heavy atom. The lowest BCUT2D eigenvalue weighted by Crippen LogP contribution is -2.27. The molecule has 1 aliphatic rings. The summed E-state index contributed by atoms with van der Waals surface area (Å²) in [7, 11) is 0. The van der Waals surface area contributed by atoms with Gasteiger partial charge in [-0.1, -0.05) is 19.8 Å². The number of nitriles is 1. The van der Waals surface area contributed by atoms with E-state index in [-0.39, 0.29) is 11.1 Å². The monoisotopic (exact) mass is 230 g/mol. The van der Waals surface area contributed by atoms with Crippen molar-refractivity contribution in [3.05, 3.63) is 34.2 Å². The summed E-state index contributed by atoms with van der Waals surface area (Å²) >= 11 is 0. The van der Waals surface area contributed by atoms with Gasteiger partial charge in [-0.25, -0.2) is 0 Å². The third-order valence-corrected chi connectivity index (χ3v) is 3.64. The fourth-order valence-corrected chi connectivity index (χ4v) is 2.77. The summed E-state index contributed by atoms with van der Waals surface area (Å²) in [4.78, 5) is 11.9. The zero-order chi connectivity index (χ0) is 12.3. The number of nitrogens with zero attached hydrogens (tertiary/aromatic N) is 2. The predicted molar refractivity (Wildman–Crippen MR) is 66.5 cm³/mol. The maximum atomic E-state index is 11.9. The highest BCUT2D eigenvalue weighted by molar-refractivity contribution is 5.24. The van der Waals surface area contributed by atoms with E-state index in [4.69, 9.17) is 5.26 Å². The highest BCUT2D eigenvalue weighted by Gasteiger charge is 2.19. The summed E-state index contributed by atoms with van der Waals surface area (Å²) in [6.45, 7) is 3.04. The molecule has 0 aliphatic heterocycles. The first kappa shape index (κ1) is 11.9. The Morgan fingerprint density at radius 1 is 1.53 bits per heavy atom. The summed E-state index contributed by atoms with van der Waals surface area (Å²) in [5.74, 6) is 1.36. The van der Waals surface area contributed by atoms with E-state index in [9.17, 15) is 4.79 Å². The Morgan fingerprint density at radius 3 is 3.06 bits per heavy atom. The van der Waals surface area contributed by atoms with Crippen molar-refractivity contribution in [1.29, 1.82) is 5.26 Å². The van der Waals surface area contributed by atoms with Crippen LogP contribution in [-0.2, 0) is 6.54 Å². The van der Waals surface area contributed by atoms with Gasteiger partial charge in [0, 0.05) is 12.7 Å². The summed E-state index contributed by atoms with van der Waals surface area (Å²) in [6, 6.07) is 5.32. The molecule has 0 saturated heterocycles. The van der Waals surface area contributed by atoms with E-state index < -0.39 is 0 Å². The largest absolute Gasteiger partial charge is 0.314 e. The van der Waals surface area contributed by atoms with Crippen molar-refractivity contribution in [2.45, 2.75) is 39.2 Å². The molecule has 17 heavy (non-hydrogen) atoms. The van der Waals surface area contributed by atoms with Crippen LogP contribution in [0.3, 0.4) is 0 Å². The standard InChI is InChI=1S/C14H18N2O/c1-11-4-2-5-12(8-11)10-16-7-3-6-13(9-15)14(16)17/h3,6-7,11-12H,2,4-5,8,10H2,1H3. The normalized spacial score (nSPS) is 24.2. The molecule has 2 atom stereocenters. The second kappa shape index (κ2) is 5.18. The van der Waals surface area contributed by atoms with Crippen LogP contribution in [0.4, 0.5) is 0 Å². The molecule has 2 unspecified atom stereocenters. The molecule has 1 saturated carbocycles. The molecule has 90 valence electrons. The van der Waals surface area contributed by atoms with Gasteiger partial charge in [0.15, 0.2) is 0 Å². The number of hydrogen-bond donors (Lipinski definition) is 0. The molecule has 1 aromatic heterocycles. The fourth-order valence-electron chi connectivity index (χ4n) is 2.77. The summed E-state index contributed by atoms with van der Waals surface area (Å²) < 4.78 is 1.70. The van der Waals surface area contributed by atoms with Crippen LogP contribution in [0.15, 0.2) is 23.1 Å². The average molecular weight is 230 g/mol. The predicted octanol–water partition coefficient (Wildman–Crippen LogP) is 2.55. The van der Waals surface area contributed by atoms with Gasteiger partial charge in [-0.15, -0.1) is 0 Å². The van der Waals surface area contributed by atoms with Gasteiger partial charge in [0.1, 0.15) is 11.6 Å². The van der Waals surface area contributed by atoms with E-state index in [2.05, 4.69) is 6.92 Å². The van der Waals surface area contributed by atoms with Crippen molar-refractivity contribution in [1.82, 2.24) is 4.57 Å². The van der Waals surface area contributed by atoms with Crippen LogP contribution in [-0.4, -0.2) is 4.57 Å². The van der Waals surface area contributed by atoms with Crippen molar-refractivity contribution >= 4 is 0 Å².